The van der Waals surface area contributed by atoms with Crippen LogP contribution < -0.4 is 10.2 Å². The second-order valence-electron chi connectivity index (χ2n) is 5.01. The van der Waals surface area contributed by atoms with Gasteiger partial charge in [0, 0.05) is 43.4 Å². The number of nitrogens with one attached hydrogen (secondary N) is 1. The van der Waals surface area contributed by atoms with Crippen molar-refractivity contribution in [3.05, 3.63) is 53.9 Å². The quantitative estimate of drug-likeness (QED) is 0.821. The number of hydrogen-bond donors (Lipinski definition) is 2. The Balaban J connectivity index is 1.98. The fraction of sp³-hybridized carbons (Fsp3) is 0.353. The molecule has 0 saturated carbocycles. The van der Waals surface area contributed by atoms with Crippen LogP contribution in [-0.4, -0.2) is 29.8 Å². The Morgan fingerprint density at radius 3 is 2.57 bits per heavy atom. The normalized spacial score (nSPS) is 10.4. The van der Waals surface area contributed by atoms with Crippen LogP contribution in [0, 0.1) is 6.92 Å². The van der Waals surface area contributed by atoms with Crippen molar-refractivity contribution < 1.29 is 5.11 Å². The lowest BCUT2D eigenvalue weighted by Gasteiger charge is -2.22. The summed E-state index contributed by atoms with van der Waals surface area (Å²) in [5.74, 6) is 0. The number of pyridine rings is 1. The molecule has 0 aliphatic heterocycles. The Hall–Kier alpha value is -2.07. The van der Waals surface area contributed by atoms with Crippen molar-refractivity contribution in [3.63, 3.8) is 0 Å². The molecule has 1 heterocycles. The lowest BCUT2D eigenvalue weighted by atomic mass is 10.1. The van der Waals surface area contributed by atoms with Crippen molar-refractivity contribution in [1.29, 1.82) is 0 Å². The van der Waals surface area contributed by atoms with Gasteiger partial charge in [-0.15, -0.1) is 0 Å². The van der Waals surface area contributed by atoms with Gasteiger partial charge in [-0.3, -0.25) is 4.98 Å². The average molecular weight is 285 g/mol. The third kappa shape index (κ3) is 4.20. The zero-order chi connectivity index (χ0) is 15.1. The average Bonchev–Trinajstić information content (AvgIpc) is 2.52. The smallest absolute Gasteiger partial charge is 0.0606 e. The molecular weight excluding hydrogens is 262 g/mol. The lowest BCUT2D eigenvalue weighted by molar-refractivity contribution is 0.302. The lowest BCUT2D eigenvalue weighted by Crippen LogP contribution is -2.25. The van der Waals surface area contributed by atoms with Crippen LogP contribution in [0.2, 0.25) is 0 Å². The molecule has 112 valence electrons. The van der Waals surface area contributed by atoms with Gasteiger partial charge in [-0.2, -0.15) is 0 Å². The van der Waals surface area contributed by atoms with E-state index in [0.717, 1.165) is 24.5 Å². The van der Waals surface area contributed by atoms with Gasteiger partial charge in [-0.05, 0) is 55.3 Å². The third-order valence-corrected chi connectivity index (χ3v) is 3.61. The predicted molar refractivity (Wildman–Crippen MR) is 87.7 cm³/mol. The number of benzene rings is 1. The van der Waals surface area contributed by atoms with Gasteiger partial charge in [0.2, 0.25) is 0 Å². The van der Waals surface area contributed by atoms with Crippen molar-refractivity contribution in [2.24, 2.45) is 0 Å². The van der Waals surface area contributed by atoms with Gasteiger partial charge in [-0.1, -0.05) is 0 Å². The summed E-state index contributed by atoms with van der Waals surface area (Å²) in [4.78, 5) is 6.30. The number of aliphatic hydroxyl groups excluding tert-OH is 1. The summed E-state index contributed by atoms with van der Waals surface area (Å²) in [5, 5.41) is 12.5. The van der Waals surface area contributed by atoms with Gasteiger partial charge in [0.1, 0.15) is 0 Å². The zero-order valence-electron chi connectivity index (χ0n) is 12.7. The van der Waals surface area contributed by atoms with Crippen molar-refractivity contribution in [2.75, 3.05) is 29.9 Å². The minimum atomic E-state index is 0.175. The molecule has 2 aromatic rings. The number of nitrogens with zero attached hydrogens (tertiary/aromatic N) is 2. The maximum absolute atomic E-state index is 9.06. The molecule has 1 aromatic carbocycles. The van der Waals surface area contributed by atoms with Crippen LogP contribution in [0.3, 0.4) is 0 Å². The first-order valence-electron chi connectivity index (χ1n) is 7.33. The standard InChI is InChI=1S/C17H23N3O/c1-3-20(10-11-21)17-6-4-16(5-7-17)19-13-15-12-18-9-8-14(15)2/h4-9,12,19,21H,3,10-11,13H2,1-2H3. The van der Waals surface area contributed by atoms with Gasteiger partial charge in [-0.25, -0.2) is 0 Å². The summed E-state index contributed by atoms with van der Waals surface area (Å²) in [6.07, 6.45) is 3.71. The number of anilines is 2. The van der Waals surface area contributed by atoms with Crippen LogP contribution in [0.1, 0.15) is 18.1 Å². The first kappa shape index (κ1) is 15.3. The van der Waals surface area contributed by atoms with Gasteiger partial charge >= 0.3 is 0 Å². The van der Waals surface area contributed by atoms with E-state index in [-0.39, 0.29) is 6.61 Å². The molecule has 21 heavy (non-hydrogen) atoms. The zero-order valence-corrected chi connectivity index (χ0v) is 12.7. The molecule has 0 aliphatic carbocycles. The minimum Gasteiger partial charge on any atom is -0.395 e. The molecule has 1 aromatic heterocycles. The highest BCUT2D eigenvalue weighted by Crippen LogP contribution is 2.18. The van der Waals surface area contributed by atoms with E-state index in [0.29, 0.717) is 6.54 Å². The highest BCUT2D eigenvalue weighted by molar-refractivity contribution is 5.55. The molecule has 0 spiro atoms. The highest BCUT2D eigenvalue weighted by Gasteiger charge is 2.03. The molecule has 0 atom stereocenters. The highest BCUT2D eigenvalue weighted by atomic mass is 16.3. The summed E-state index contributed by atoms with van der Waals surface area (Å²) >= 11 is 0. The molecule has 0 amide bonds. The van der Waals surface area contributed by atoms with E-state index >= 15 is 0 Å². The Bertz CT molecular complexity index is 554. The molecular formula is C17H23N3O. The summed E-state index contributed by atoms with van der Waals surface area (Å²) in [6.45, 7) is 6.68. The molecule has 0 unspecified atom stereocenters. The van der Waals surface area contributed by atoms with Crippen LogP contribution in [0.4, 0.5) is 11.4 Å². The van der Waals surface area contributed by atoms with Crippen molar-refractivity contribution in [1.82, 2.24) is 4.98 Å². The molecule has 0 bridgehead atoms. The second-order valence-corrected chi connectivity index (χ2v) is 5.01. The Morgan fingerprint density at radius 2 is 1.95 bits per heavy atom. The van der Waals surface area contributed by atoms with Crippen LogP contribution in [-0.2, 0) is 6.54 Å². The van der Waals surface area contributed by atoms with Crippen LogP contribution in [0.5, 0.6) is 0 Å². The van der Waals surface area contributed by atoms with E-state index in [1.165, 1.54) is 11.1 Å². The molecule has 2 rings (SSSR count). The van der Waals surface area contributed by atoms with E-state index in [2.05, 4.69) is 53.3 Å². The maximum Gasteiger partial charge on any atom is 0.0606 e. The first-order chi connectivity index (χ1) is 10.2. The summed E-state index contributed by atoms with van der Waals surface area (Å²) in [6, 6.07) is 10.3. The fourth-order valence-corrected chi connectivity index (χ4v) is 2.26. The number of aliphatic hydroxyl groups is 1. The number of rotatable bonds is 7. The van der Waals surface area contributed by atoms with Crippen molar-refractivity contribution >= 4 is 11.4 Å². The molecule has 0 radical (unpaired) electrons. The van der Waals surface area contributed by atoms with Crippen LogP contribution >= 0.6 is 0 Å². The van der Waals surface area contributed by atoms with Crippen molar-refractivity contribution in [3.8, 4) is 0 Å². The van der Waals surface area contributed by atoms with Crippen LogP contribution in [0.15, 0.2) is 42.7 Å². The number of hydrogen-bond acceptors (Lipinski definition) is 4. The van der Waals surface area contributed by atoms with Crippen LogP contribution in [0.25, 0.3) is 0 Å². The molecule has 0 saturated heterocycles. The monoisotopic (exact) mass is 285 g/mol. The number of likely N-dealkylation sites (N-methyl/N-ethyl adjacent to an activating group) is 1. The molecule has 4 nitrogen and oxygen atoms in total. The van der Waals surface area contributed by atoms with Gasteiger partial charge in [0.15, 0.2) is 0 Å². The van der Waals surface area contributed by atoms with E-state index in [1.807, 2.05) is 18.5 Å². The van der Waals surface area contributed by atoms with E-state index in [1.54, 1.807) is 0 Å². The first-order valence-corrected chi connectivity index (χ1v) is 7.33. The van der Waals surface area contributed by atoms with Crippen molar-refractivity contribution in [2.45, 2.75) is 20.4 Å². The van der Waals surface area contributed by atoms with Gasteiger partial charge in [0.05, 0.1) is 6.61 Å². The molecule has 0 fully saturated rings. The second kappa shape index (κ2) is 7.64. The summed E-state index contributed by atoms with van der Waals surface area (Å²) in [5.41, 5.74) is 4.67. The fourth-order valence-electron chi connectivity index (χ4n) is 2.26. The predicted octanol–water partition coefficient (Wildman–Crippen LogP) is 2.82. The van der Waals surface area contributed by atoms with Gasteiger partial charge < -0.3 is 15.3 Å². The number of aryl methyl sites for hydroxylation is 1. The molecule has 2 N–H and O–H groups in total. The molecule has 0 aliphatic rings. The van der Waals surface area contributed by atoms with Gasteiger partial charge in [0.25, 0.3) is 0 Å². The summed E-state index contributed by atoms with van der Waals surface area (Å²) in [7, 11) is 0. The Labute approximate surface area is 126 Å². The minimum absolute atomic E-state index is 0.175. The largest absolute Gasteiger partial charge is 0.395 e. The summed E-state index contributed by atoms with van der Waals surface area (Å²) < 4.78 is 0. The maximum atomic E-state index is 9.06. The Kier molecular flexibility index (Phi) is 5.58. The van der Waals surface area contributed by atoms with E-state index in [9.17, 15) is 0 Å². The topological polar surface area (TPSA) is 48.4 Å². The Morgan fingerprint density at radius 1 is 1.19 bits per heavy atom. The third-order valence-electron chi connectivity index (χ3n) is 3.61. The van der Waals surface area contributed by atoms with E-state index in [4.69, 9.17) is 5.11 Å². The van der Waals surface area contributed by atoms with E-state index < -0.39 is 0 Å². The SMILES string of the molecule is CCN(CCO)c1ccc(NCc2cnccc2C)cc1. The number of aromatic nitrogens is 1. The molecule has 4 heteroatoms.